The van der Waals surface area contributed by atoms with E-state index in [9.17, 15) is 4.79 Å². The van der Waals surface area contributed by atoms with Crippen LogP contribution >= 0.6 is 22.7 Å². The Bertz CT molecular complexity index is 605. The van der Waals surface area contributed by atoms with Crippen LogP contribution in [0.4, 0.5) is 0 Å². The molecule has 0 spiro atoms. The number of hydrogen-bond acceptors (Lipinski definition) is 4. The fourth-order valence-corrected chi connectivity index (χ4v) is 3.00. The highest BCUT2D eigenvalue weighted by molar-refractivity contribution is 7.10. The van der Waals surface area contributed by atoms with E-state index < -0.39 is 0 Å². The van der Waals surface area contributed by atoms with Crippen LogP contribution in [-0.4, -0.2) is 29.6 Å². The first-order valence-corrected chi connectivity index (χ1v) is 7.47. The van der Waals surface area contributed by atoms with Crippen LogP contribution in [0.2, 0.25) is 0 Å². The third-order valence-electron chi connectivity index (χ3n) is 2.48. The zero-order valence-corrected chi connectivity index (χ0v) is 12.1. The Labute approximate surface area is 120 Å². The second kappa shape index (κ2) is 6.53. The quantitative estimate of drug-likeness (QED) is 0.882. The highest BCUT2D eigenvalue weighted by atomic mass is 32.1. The molecule has 0 radical (unpaired) electrons. The highest BCUT2D eigenvalue weighted by Crippen LogP contribution is 2.16. The molecular weight excluding hydrogens is 278 g/mol. The fourth-order valence-electron chi connectivity index (χ4n) is 1.60. The van der Waals surface area contributed by atoms with Crippen LogP contribution in [0.25, 0.3) is 0 Å². The molecule has 3 nitrogen and oxygen atoms in total. The van der Waals surface area contributed by atoms with Crippen molar-refractivity contribution in [3.8, 4) is 11.8 Å². The van der Waals surface area contributed by atoms with Crippen molar-refractivity contribution in [1.82, 2.24) is 4.90 Å². The summed E-state index contributed by atoms with van der Waals surface area (Å²) in [6, 6.07) is 3.78. The molecule has 2 rings (SSSR count). The molecule has 0 atom stereocenters. The van der Waals surface area contributed by atoms with Crippen molar-refractivity contribution in [2.45, 2.75) is 6.54 Å². The number of carbonyl (C=O) groups is 1. The van der Waals surface area contributed by atoms with Crippen molar-refractivity contribution in [3.05, 3.63) is 44.3 Å². The van der Waals surface area contributed by atoms with E-state index in [1.165, 1.54) is 22.7 Å². The minimum absolute atomic E-state index is 0.0236. The summed E-state index contributed by atoms with van der Waals surface area (Å²) in [5, 5.41) is 14.4. The largest absolute Gasteiger partial charge is 0.384 e. The van der Waals surface area contributed by atoms with Crippen molar-refractivity contribution >= 4 is 28.6 Å². The predicted octanol–water partition coefficient (Wildman–Crippen LogP) is 2.43. The highest BCUT2D eigenvalue weighted by Gasteiger charge is 2.12. The topological polar surface area (TPSA) is 40.5 Å². The van der Waals surface area contributed by atoms with Crippen LogP contribution in [0.3, 0.4) is 0 Å². The molecule has 0 unspecified atom stereocenters. The van der Waals surface area contributed by atoms with Gasteiger partial charge >= 0.3 is 0 Å². The summed E-state index contributed by atoms with van der Waals surface area (Å²) in [6.45, 7) is 0.426. The lowest BCUT2D eigenvalue weighted by Crippen LogP contribution is -2.25. The van der Waals surface area contributed by atoms with Crippen LogP contribution in [0.15, 0.2) is 28.3 Å². The zero-order valence-electron chi connectivity index (χ0n) is 10.4. The molecule has 2 heterocycles. The van der Waals surface area contributed by atoms with Gasteiger partial charge < -0.3 is 10.0 Å². The molecule has 0 aliphatic rings. The Balaban J connectivity index is 2.01. The summed E-state index contributed by atoms with van der Waals surface area (Å²) in [5.74, 6) is 5.50. The maximum absolute atomic E-state index is 12.1. The summed E-state index contributed by atoms with van der Waals surface area (Å²) in [6.07, 6.45) is 0. The Hall–Kier alpha value is -1.61. The van der Waals surface area contributed by atoms with Crippen LogP contribution < -0.4 is 0 Å². The van der Waals surface area contributed by atoms with E-state index in [0.717, 1.165) is 16.0 Å². The molecule has 1 amide bonds. The van der Waals surface area contributed by atoms with Crippen LogP contribution in [0.1, 0.15) is 20.8 Å². The molecule has 0 aromatic carbocycles. The van der Waals surface area contributed by atoms with E-state index in [2.05, 4.69) is 11.8 Å². The van der Waals surface area contributed by atoms with E-state index in [0.29, 0.717) is 6.54 Å². The molecule has 0 fully saturated rings. The van der Waals surface area contributed by atoms with E-state index in [1.54, 1.807) is 11.9 Å². The summed E-state index contributed by atoms with van der Waals surface area (Å²) >= 11 is 3.04. The maximum Gasteiger partial charge on any atom is 0.254 e. The predicted molar refractivity (Wildman–Crippen MR) is 78.4 cm³/mol. The number of aliphatic hydroxyl groups excluding tert-OH is 1. The molecule has 1 N–H and O–H groups in total. The van der Waals surface area contributed by atoms with Gasteiger partial charge in [0.15, 0.2) is 0 Å². The molecule has 2 aromatic rings. The first-order valence-electron chi connectivity index (χ1n) is 5.65. The molecule has 0 saturated carbocycles. The van der Waals surface area contributed by atoms with Crippen molar-refractivity contribution < 1.29 is 9.90 Å². The number of amides is 1. The maximum atomic E-state index is 12.1. The summed E-state index contributed by atoms with van der Waals surface area (Å²) in [5.41, 5.74) is 1.78. The monoisotopic (exact) mass is 291 g/mol. The lowest BCUT2D eigenvalue weighted by molar-refractivity contribution is 0.0786. The normalized spacial score (nSPS) is 9.79. The standard InChI is InChI=1S/C14H13NO2S2/c1-15(14(17)12-4-6-18-10-12)8-11-7-13(19-9-11)3-2-5-16/h4,6-7,9-10,16H,5,8H2,1H3. The van der Waals surface area contributed by atoms with Crippen LogP contribution in [0.5, 0.6) is 0 Å². The lowest BCUT2D eigenvalue weighted by Gasteiger charge is -2.15. The third kappa shape index (κ3) is 3.67. The van der Waals surface area contributed by atoms with Gasteiger partial charge in [0, 0.05) is 19.0 Å². The Morgan fingerprint density at radius 1 is 1.47 bits per heavy atom. The van der Waals surface area contributed by atoms with Gasteiger partial charge in [0.1, 0.15) is 6.61 Å². The van der Waals surface area contributed by atoms with Gasteiger partial charge in [0.2, 0.25) is 0 Å². The van der Waals surface area contributed by atoms with Gasteiger partial charge in [0.25, 0.3) is 5.91 Å². The van der Waals surface area contributed by atoms with Crippen molar-refractivity contribution in [2.75, 3.05) is 13.7 Å². The third-order valence-corrected chi connectivity index (χ3v) is 4.06. The van der Waals surface area contributed by atoms with E-state index in [4.69, 9.17) is 5.11 Å². The second-order valence-electron chi connectivity index (χ2n) is 3.95. The molecule has 98 valence electrons. The molecule has 0 saturated heterocycles. The number of nitrogens with zero attached hydrogens (tertiary/aromatic N) is 1. The Morgan fingerprint density at radius 3 is 3.00 bits per heavy atom. The average molecular weight is 291 g/mol. The van der Waals surface area contributed by atoms with Gasteiger partial charge in [0.05, 0.1) is 10.4 Å². The van der Waals surface area contributed by atoms with Gasteiger partial charge in [-0.3, -0.25) is 4.79 Å². The number of rotatable bonds is 3. The summed E-state index contributed by atoms with van der Waals surface area (Å²) in [4.78, 5) is 14.7. The molecule has 19 heavy (non-hydrogen) atoms. The van der Waals surface area contributed by atoms with Gasteiger partial charge in [-0.2, -0.15) is 11.3 Å². The molecule has 0 aliphatic heterocycles. The first kappa shape index (κ1) is 13.8. The lowest BCUT2D eigenvalue weighted by atomic mass is 10.2. The summed E-state index contributed by atoms with van der Waals surface area (Å²) in [7, 11) is 1.79. The van der Waals surface area contributed by atoms with Crippen molar-refractivity contribution in [1.29, 1.82) is 0 Å². The zero-order chi connectivity index (χ0) is 13.7. The van der Waals surface area contributed by atoms with Gasteiger partial charge in [-0.15, -0.1) is 11.3 Å². The molecule has 2 aromatic heterocycles. The Kier molecular flexibility index (Phi) is 4.74. The van der Waals surface area contributed by atoms with Crippen LogP contribution in [-0.2, 0) is 6.54 Å². The smallest absolute Gasteiger partial charge is 0.254 e. The summed E-state index contributed by atoms with van der Waals surface area (Å²) < 4.78 is 0. The molecular formula is C14H13NO2S2. The van der Waals surface area contributed by atoms with Crippen molar-refractivity contribution in [3.63, 3.8) is 0 Å². The van der Waals surface area contributed by atoms with Crippen LogP contribution in [0, 0.1) is 11.8 Å². The van der Waals surface area contributed by atoms with Crippen molar-refractivity contribution in [2.24, 2.45) is 0 Å². The van der Waals surface area contributed by atoms with E-state index >= 15 is 0 Å². The first-order chi connectivity index (χ1) is 9.20. The van der Waals surface area contributed by atoms with E-state index in [1.807, 2.05) is 28.3 Å². The number of carbonyl (C=O) groups excluding carboxylic acids is 1. The second-order valence-corrected chi connectivity index (χ2v) is 5.64. The molecule has 5 heteroatoms. The van der Waals surface area contributed by atoms with Gasteiger partial charge in [-0.25, -0.2) is 0 Å². The number of aliphatic hydroxyl groups is 1. The minimum atomic E-state index is -0.135. The minimum Gasteiger partial charge on any atom is -0.384 e. The number of hydrogen-bond donors (Lipinski definition) is 1. The average Bonchev–Trinajstić information content (AvgIpc) is 3.06. The molecule has 0 bridgehead atoms. The van der Waals surface area contributed by atoms with E-state index in [-0.39, 0.29) is 12.5 Å². The Morgan fingerprint density at radius 2 is 2.32 bits per heavy atom. The number of thiophene rings is 2. The fraction of sp³-hybridized carbons (Fsp3) is 0.214. The SMILES string of the molecule is CN(Cc1csc(C#CCO)c1)C(=O)c1ccsc1. The van der Waals surface area contributed by atoms with Gasteiger partial charge in [-0.05, 0) is 28.5 Å². The molecule has 0 aliphatic carbocycles. The van der Waals surface area contributed by atoms with Gasteiger partial charge in [-0.1, -0.05) is 11.8 Å².